The number of hydrogen-bond donors (Lipinski definition) is 0. The first-order valence-electron chi connectivity index (χ1n) is 34.7. The van der Waals surface area contributed by atoms with E-state index in [1.807, 2.05) is 0 Å². The first-order chi connectivity index (χ1) is 41.0. The van der Waals surface area contributed by atoms with Gasteiger partial charge < -0.3 is 14.2 Å². The van der Waals surface area contributed by atoms with Gasteiger partial charge in [-0.1, -0.05) is 309 Å². The highest BCUT2D eigenvalue weighted by atomic mass is 16.6. The van der Waals surface area contributed by atoms with E-state index in [9.17, 15) is 14.4 Å². The van der Waals surface area contributed by atoms with Crippen molar-refractivity contribution in [2.75, 3.05) is 13.2 Å². The van der Waals surface area contributed by atoms with Crippen LogP contribution in [-0.2, 0) is 28.6 Å². The molecule has 1 unspecified atom stereocenters. The summed E-state index contributed by atoms with van der Waals surface area (Å²) < 4.78 is 16.9. The zero-order valence-electron chi connectivity index (χ0n) is 54.2. The van der Waals surface area contributed by atoms with E-state index in [0.717, 1.165) is 141 Å². The van der Waals surface area contributed by atoms with Crippen LogP contribution in [0.5, 0.6) is 0 Å². The average molecular weight is 1150 g/mol. The van der Waals surface area contributed by atoms with Crippen LogP contribution in [0.2, 0.25) is 0 Å². The molecule has 0 aliphatic carbocycles. The Bertz CT molecular complexity index is 1750. The summed E-state index contributed by atoms with van der Waals surface area (Å²) in [5.41, 5.74) is 0. The summed E-state index contributed by atoms with van der Waals surface area (Å²) in [6.45, 7) is 6.51. The summed E-state index contributed by atoms with van der Waals surface area (Å²) in [7, 11) is 0. The fourth-order valence-electron chi connectivity index (χ4n) is 9.47. The van der Waals surface area contributed by atoms with Crippen LogP contribution in [0.1, 0.15) is 316 Å². The van der Waals surface area contributed by atoms with E-state index < -0.39 is 6.10 Å². The Hall–Kier alpha value is -4.45. The van der Waals surface area contributed by atoms with Gasteiger partial charge in [0.25, 0.3) is 0 Å². The van der Waals surface area contributed by atoms with E-state index in [-0.39, 0.29) is 31.1 Å². The van der Waals surface area contributed by atoms with Gasteiger partial charge in [-0.25, -0.2) is 0 Å². The van der Waals surface area contributed by atoms with Crippen molar-refractivity contribution in [3.8, 4) is 0 Å². The second-order valence-corrected chi connectivity index (χ2v) is 22.7. The molecular weight excluding hydrogens is 1020 g/mol. The summed E-state index contributed by atoms with van der Waals surface area (Å²) in [6, 6.07) is 0. The van der Waals surface area contributed by atoms with Crippen LogP contribution in [0.15, 0.2) is 134 Å². The topological polar surface area (TPSA) is 78.9 Å². The molecule has 0 bridgehead atoms. The molecule has 6 heteroatoms. The van der Waals surface area contributed by atoms with Crippen LogP contribution in [0, 0.1) is 0 Å². The predicted octanol–water partition coefficient (Wildman–Crippen LogP) is 24.1. The third-order valence-electron chi connectivity index (χ3n) is 14.6. The summed E-state index contributed by atoms with van der Waals surface area (Å²) in [6.07, 6.45) is 99.0. The minimum atomic E-state index is -0.792. The molecule has 6 nitrogen and oxygen atoms in total. The Kier molecular flexibility index (Phi) is 66.3. The Labute approximate surface area is 513 Å². The summed E-state index contributed by atoms with van der Waals surface area (Å²) >= 11 is 0. The van der Waals surface area contributed by atoms with Crippen LogP contribution >= 0.6 is 0 Å². The maximum atomic E-state index is 12.9. The second kappa shape index (κ2) is 70.0. The molecule has 0 saturated heterocycles. The standard InChI is InChI=1S/C77H128O6/c1-4-7-10-13-16-19-22-24-26-28-30-32-33-34-35-36-37-38-39-40-41-42-43-45-46-48-50-52-55-58-61-64-67-70-76(79)82-73-74(72-81-75(78)69-66-63-60-57-54-21-18-15-12-9-6-3)83-77(80)71-68-65-62-59-56-53-51-49-47-44-31-29-27-25-23-20-17-14-11-8-5-2/h7,10,16,19,23-26,29-32,34-35,37-38,40-41,43,45,47,49,74H,4-6,8-9,11-15,17-18,20-22,27-28,33,36,39,42,44,46,48,50-73H2,1-3H3/b10-7-,19-16-,25-23-,26-24-,31-29-,32-30-,35-34-,38-37-,41-40-,45-43-,49-47-. The normalized spacial score (nSPS) is 13.0. The van der Waals surface area contributed by atoms with Gasteiger partial charge in [0, 0.05) is 19.3 Å². The number of carbonyl (C=O) groups is 3. The smallest absolute Gasteiger partial charge is 0.306 e. The molecule has 0 fully saturated rings. The van der Waals surface area contributed by atoms with Crippen LogP contribution in [0.3, 0.4) is 0 Å². The Morgan fingerprint density at radius 3 is 0.735 bits per heavy atom. The first-order valence-corrected chi connectivity index (χ1v) is 34.7. The molecule has 0 aliphatic heterocycles. The third kappa shape index (κ3) is 68.2. The van der Waals surface area contributed by atoms with Crippen molar-refractivity contribution in [1.29, 1.82) is 0 Å². The number of unbranched alkanes of at least 4 members (excludes halogenated alkanes) is 29. The highest BCUT2D eigenvalue weighted by molar-refractivity contribution is 5.71. The van der Waals surface area contributed by atoms with E-state index in [4.69, 9.17) is 14.2 Å². The van der Waals surface area contributed by atoms with Gasteiger partial charge in [-0.15, -0.1) is 0 Å². The number of hydrogen-bond acceptors (Lipinski definition) is 6. The van der Waals surface area contributed by atoms with E-state index in [2.05, 4.69) is 154 Å². The second-order valence-electron chi connectivity index (χ2n) is 22.7. The largest absolute Gasteiger partial charge is 0.462 e. The average Bonchev–Trinajstić information content (AvgIpc) is 3.48. The van der Waals surface area contributed by atoms with E-state index in [1.165, 1.54) is 135 Å². The summed E-state index contributed by atoms with van der Waals surface area (Å²) in [5, 5.41) is 0. The zero-order chi connectivity index (χ0) is 59.9. The third-order valence-corrected chi connectivity index (χ3v) is 14.6. The van der Waals surface area contributed by atoms with Gasteiger partial charge in [-0.2, -0.15) is 0 Å². The minimum absolute atomic E-state index is 0.0861. The van der Waals surface area contributed by atoms with Gasteiger partial charge in [-0.05, 0) is 122 Å². The van der Waals surface area contributed by atoms with Gasteiger partial charge >= 0.3 is 17.9 Å². The monoisotopic (exact) mass is 1150 g/mol. The predicted molar refractivity (Wildman–Crippen MR) is 362 cm³/mol. The molecule has 0 aromatic carbocycles. The van der Waals surface area contributed by atoms with Crippen LogP contribution < -0.4 is 0 Å². The Balaban J connectivity index is 4.29. The molecule has 0 heterocycles. The number of allylic oxidation sites excluding steroid dienone is 22. The minimum Gasteiger partial charge on any atom is -0.462 e. The van der Waals surface area contributed by atoms with Crippen molar-refractivity contribution >= 4 is 17.9 Å². The van der Waals surface area contributed by atoms with Crippen molar-refractivity contribution in [2.45, 2.75) is 322 Å². The van der Waals surface area contributed by atoms with Crippen LogP contribution in [0.4, 0.5) is 0 Å². The van der Waals surface area contributed by atoms with Gasteiger partial charge in [0.2, 0.25) is 0 Å². The van der Waals surface area contributed by atoms with Gasteiger partial charge in [-0.3, -0.25) is 14.4 Å². The van der Waals surface area contributed by atoms with Crippen LogP contribution in [-0.4, -0.2) is 37.2 Å². The van der Waals surface area contributed by atoms with Crippen molar-refractivity contribution in [3.63, 3.8) is 0 Å². The molecule has 0 saturated carbocycles. The SMILES string of the molecule is CC/C=C\C/C=C\C/C=C\C/C=C\C/C=C\C/C=C\C/C=C\C/C=C\CCCCCCCCCCC(=O)OCC(COC(=O)CCCCCCCCCCCCC)OC(=O)CCCCCCCC/C=C\C/C=C\C/C=C\CCCCCCC. The molecule has 0 radical (unpaired) electrons. The number of rotatable bonds is 62. The highest BCUT2D eigenvalue weighted by Gasteiger charge is 2.19. The molecule has 0 amide bonds. The maximum Gasteiger partial charge on any atom is 0.306 e. The molecule has 1 atom stereocenters. The molecule has 83 heavy (non-hydrogen) atoms. The lowest BCUT2D eigenvalue weighted by Crippen LogP contribution is -2.30. The Morgan fingerprint density at radius 2 is 0.470 bits per heavy atom. The van der Waals surface area contributed by atoms with Gasteiger partial charge in [0.05, 0.1) is 0 Å². The van der Waals surface area contributed by atoms with Gasteiger partial charge in [0.15, 0.2) is 6.10 Å². The molecule has 0 spiro atoms. The number of carbonyl (C=O) groups excluding carboxylic acids is 3. The number of esters is 3. The molecular formula is C77H128O6. The van der Waals surface area contributed by atoms with E-state index in [1.54, 1.807) is 0 Å². The lowest BCUT2D eigenvalue weighted by atomic mass is 10.1. The quantitative estimate of drug-likeness (QED) is 0.0261. The van der Waals surface area contributed by atoms with E-state index >= 15 is 0 Å². The molecule has 472 valence electrons. The summed E-state index contributed by atoms with van der Waals surface area (Å²) in [5.74, 6) is -0.902. The van der Waals surface area contributed by atoms with Crippen molar-refractivity contribution in [1.82, 2.24) is 0 Å². The molecule has 0 aromatic rings. The fraction of sp³-hybridized carbons (Fsp3) is 0.675. The lowest BCUT2D eigenvalue weighted by molar-refractivity contribution is -0.167. The zero-order valence-corrected chi connectivity index (χ0v) is 54.2. The van der Waals surface area contributed by atoms with Crippen molar-refractivity contribution < 1.29 is 28.6 Å². The van der Waals surface area contributed by atoms with Gasteiger partial charge in [0.1, 0.15) is 13.2 Å². The maximum absolute atomic E-state index is 12.9. The number of ether oxygens (including phenoxy) is 3. The van der Waals surface area contributed by atoms with Crippen LogP contribution in [0.25, 0.3) is 0 Å². The molecule has 0 aromatic heterocycles. The first kappa shape index (κ1) is 78.5. The highest BCUT2D eigenvalue weighted by Crippen LogP contribution is 2.16. The fourth-order valence-corrected chi connectivity index (χ4v) is 9.47. The Morgan fingerprint density at radius 1 is 0.253 bits per heavy atom. The van der Waals surface area contributed by atoms with Crippen molar-refractivity contribution in [2.24, 2.45) is 0 Å². The molecule has 0 N–H and O–H groups in total. The molecule has 0 aliphatic rings. The van der Waals surface area contributed by atoms with Crippen molar-refractivity contribution in [3.05, 3.63) is 134 Å². The summed E-state index contributed by atoms with van der Waals surface area (Å²) in [4.78, 5) is 38.3. The lowest BCUT2D eigenvalue weighted by Gasteiger charge is -2.18. The van der Waals surface area contributed by atoms with E-state index in [0.29, 0.717) is 19.3 Å². The molecule has 0 rings (SSSR count).